The van der Waals surface area contributed by atoms with E-state index in [9.17, 15) is 9.18 Å². The van der Waals surface area contributed by atoms with E-state index in [2.05, 4.69) is 21.2 Å². The zero-order valence-corrected chi connectivity index (χ0v) is 11.8. The third-order valence-corrected chi connectivity index (χ3v) is 3.49. The molecule has 1 atom stereocenters. The molecule has 1 rings (SSSR count). The number of nitrogens with two attached hydrogens (primary N) is 1. The maximum absolute atomic E-state index is 13.4. The molecule has 1 amide bonds. The second-order valence-electron chi connectivity index (χ2n) is 3.47. The molecular weight excluding hydrogens is 307 g/mol. The molecule has 0 saturated heterocycles. The van der Waals surface area contributed by atoms with Gasteiger partial charge in [0.15, 0.2) is 0 Å². The van der Waals surface area contributed by atoms with Gasteiger partial charge in [-0.05, 0) is 46.5 Å². The van der Waals surface area contributed by atoms with Crippen LogP contribution in [0.3, 0.4) is 0 Å². The van der Waals surface area contributed by atoms with Crippen molar-refractivity contribution in [3.63, 3.8) is 0 Å². The van der Waals surface area contributed by atoms with Crippen molar-refractivity contribution in [2.75, 3.05) is 17.3 Å². The standard InChI is InChI=1S/C11H14BrFN2OS/c1-17-6-5-9(14)11(16)15-10-7(12)3-2-4-8(10)13/h2-4,9H,5-6,14H2,1H3,(H,15,16)/t9-/m0/s1. The number of thioether (sulfide) groups is 1. The van der Waals surface area contributed by atoms with Gasteiger partial charge in [0.2, 0.25) is 5.91 Å². The molecule has 1 aromatic rings. The molecule has 0 bridgehead atoms. The number of carbonyl (C=O) groups excluding carboxylic acids is 1. The summed E-state index contributed by atoms with van der Waals surface area (Å²) in [5.74, 6) is -0.0535. The van der Waals surface area contributed by atoms with Gasteiger partial charge in [-0.15, -0.1) is 0 Å². The van der Waals surface area contributed by atoms with Gasteiger partial charge in [0.25, 0.3) is 0 Å². The van der Waals surface area contributed by atoms with E-state index in [4.69, 9.17) is 5.73 Å². The van der Waals surface area contributed by atoms with Gasteiger partial charge in [-0.3, -0.25) is 4.79 Å². The molecule has 3 nitrogen and oxygen atoms in total. The Morgan fingerprint density at radius 1 is 1.65 bits per heavy atom. The number of amides is 1. The van der Waals surface area contributed by atoms with E-state index in [0.29, 0.717) is 10.9 Å². The zero-order valence-electron chi connectivity index (χ0n) is 9.37. The molecule has 1 aromatic carbocycles. The van der Waals surface area contributed by atoms with Crippen LogP contribution in [0, 0.1) is 5.82 Å². The summed E-state index contributed by atoms with van der Waals surface area (Å²) in [6, 6.07) is 3.89. The molecule has 6 heteroatoms. The Hall–Kier alpha value is -0.590. The van der Waals surface area contributed by atoms with Crippen molar-refractivity contribution >= 4 is 39.3 Å². The van der Waals surface area contributed by atoms with Crippen LogP contribution in [-0.2, 0) is 4.79 Å². The summed E-state index contributed by atoms with van der Waals surface area (Å²) in [7, 11) is 0. The molecule has 0 unspecified atom stereocenters. The van der Waals surface area contributed by atoms with Crippen LogP contribution in [0.1, 0.15) is 6.42 Å². The molecule has 0 heterocycles. The normalized spacial score (nSPS) is 12.2. The first kappa shape index (κ1) is 14.5. The summed E-state index contributed by atoms with van der Waals surface area (Å²) in [4.78, 5) is 11.7. The maximum atomic E-state index is 13.4. The van der Waals surface area contributed by atoms with Crippen LogP contribution in [0.15, 0.2) is 22.7 Å². The third-order valence-electron chi connectivity index (χ3n) is 2.18. The molecule has 0 aliphatic heterocycles. The molecular formula is C11H14BrFN2OS. The molecule has 0 fully saturated rings. The average Bonchev–Trinajstić information content (AvgIpc) is 2.30. The van der Waals surface area contributed by atoms with Gasteiger partial charge in [-0.1, -0.05) is 6.07 Å². The SMILES string of the molecule is CSCC[C@H](N)C(=O)Nc1c(F)cccc1Br. The Morgan fingerprint density at radius 3 is 2.94 bits per heavy atom. The van der Waals surface area contributed by atoms with Crippen molar-refractivity contribution in [1.29, 1.82) is 0 Å². The van der Waals surface area contributed by atoms with Crippen LogP contribution >= 0.6 is 27.7 Å². The lowest BCUT2D eigenvalue weighted by atomic mass is 10.2. The minimum Gasteiger partial charge on any atom is -0.321 e. The predicted molar refractivity (Wildman–Crippen MR) is 73.7 cm³/mol. The highest BCUT2D eigenvalue weighted by Crippen LogP contribution is 2.25. The van der Waals surface area contributed by atoms with Crippen LogP contribution in [0.25, 0.3) is 0 Å². The first-order chi connectivity index (χ1) is 8.06. The van der Waals surface area contributed by atoms with Crippen molar-refractivity contribution in [2.45, 2.75) is 12.5 Å². The number of rotatable bonds is 5. The highest BCUT2D eigenvalue weighted by atomic mass is 79.9. The number of hydrogen-bond acceptors (Lipinski definition) is 3. The van der Waals surface area contributed by atoms with Crippen LogP contribution in [0.5, 0.6) is 0 Å². The maximum Gasteiger partial charge on any atom is 0.241 e. The van der Waals surface area contributed by atoms with Gasteiger partial charge in [-0.25, -0.2) is 4.39 Å². The minimum atomic E-state index is -0.617. The lowest BCUT2D eigenvalue weighted by Gasteiger charge is -2.13. The lowest BCUT2D eigenvalue weighted by Crippen LogP contribution is -2.36. The number of nitrogens with one attached hydrogen (secondary N) is 1. The van der Waals surface area contributed by atoms with Gasteiger partial charge in [0.1, 0.15) is 5.82 Å². The Kier molecular flexibility index (Phi) is 5.94. The number of carbonyl (C=O) groups is 1. The first-order valence-corrected chi connectivity index (χ1v) is 7.24. The molecule has 3 N–H and O–H groups in total. The average molecular weight is 321 g/mol. The first-order valence-electron chi connectivity index (χ1n) is 5.05. The predicted octanol–water partition coefficient (Wildman–Crippen LogP) is 2.61. The van der Waals surface area contributed by atoms with Crippen LogP contribution < -0.4 is 11.1 Å². The van der Waals surface area contributed by atoms with E-state index in [0.717, 1.165) is 5.75 Å². The highest BCUT2D eigenvalue weighted by molar-refractivity contribution is 9.10. The van der Waals surface area contributed by atoms with Gasteiger partial charge in [0.05, 0.1) is 11.7 Å². The topological polar surface area (TPSA) is 55.1 Å². The van der Waals surface area contributed by atoms with Crippen molar-refractivity contribution < 1.29 is 9.18 Å². The summed E-state index contributed by atoms with van der Waals surface area (Å²) in [6.07, 6.45) is 2.51. The lowest BCUT2D eigenvalue weighted by molar-refractivity contribution is -0.117. The number of benzene rings is 1. The quantitative estimate of drug-likeness (QED) is 0.876. The number of anilines is 1. The smallest absolute Gasteiger partial charge is 0.241 e. The van der Waals surface area contributed by atoms with E-state index in [-0.39, 0.29) is 11.6 Å². The Balaban J connectivity index is 2.68. The van der Waals surface area contributed by atoms with Crippen LogP contribution in [-0.4, -0.2) is 24.0 Å². The summed E-state index contributed by atoms with van der Waals surface area (Å²) in [6.45, 7) is 0. The van der Waals surface area contributed by atoms with E-state index in [1.165, 1.54) is 6.07 Å². The second kappa shape index (κ2) is 6.98. The fourth-order valence-corrected chi connectivity index (χ4v) is 2.14. The number of para-hydroxylation sites is 1. The molecule has 0 aliphatic rings. The van der Waals surface area contributed by atoms with Gasteiger partial charge in [-0.2, -0.15) is 11.8 Å². The number of halogens is 2. The fraction of sp³-hybridized carbons (Fsp3) is 0.364. The van der Waals surface area contributed by atoms with Crippen LogP contribution in [0.4, 0.5) is 10.1 Å². The largest absolute Gasteiger partial charge is 0.321 e. The third kappa shape index (κ3) is 4.29. The van der Waals surface area contributed by atoms with Crippen molar-refractivity contribution in [3.05, 3.63) is 28.5 Å². The Morgan fingerprint density at radius 2 is 2.35 bits per heavy atom. The van der Waals surface area contributed by atoms with Gasteiger partial charge < -0.3 is 11.1 Å². The van der Waals surface area contributed by atoms with E-state index in [1.807, 2.05) is 6.26 Å². The molecule has 17 heavy (non-hydrogen) atoms. The Bertz CT molecular complexity index is 383. The van der Waals surface area contributed by atoms with E-state index < -0.39 is 11.9 Å². The molecule has 0 spiro atoms. The van der Waals surface area contributed by atoms with Crippen LogP contribution in [0.2, 0.25) is 0 Å². The second-order valence-corrected chi connectivity index (χ2v) is 5.31. The summed E-state index contributed by atoms with van der Waals surface area (Å²) < 4.78 is 13.9. The molecule has 0 radical (unpaired) electrons. The van der Waals surface area contributed by atoms with Gasteiger partial charge in [0, 0.05) is 4.47 Å². The van der Waals surface area contributed by atoms with E-state index >= 15 is 0 Å². The summed E-state index contributed by atoms with van der Waals surface area (Å²) >= 11 is 4.79. The monoisotopic (exact) mass is 320 g/mol. The van der Waals surface area contributed by atoms with Crippen molar-refractivity contribution in [2.24, 2.45) is 5.73 Å². The molecule has 94 valence electrons. The Labute approximate surface area is 112 Å². The highest BCUT2D eigenvalue weighted by Gasteiger charge is 2.16. The molecule has 0 aliphatic carbocycles. The number of hydrogen-bond donors (Lipinski definition) is 2. The van der Waals surface area contributed by atoms with E-state index in [1.54, 1.807) is 23.9 Å². The zero-order chi connectivity index (χ0) is 12.8. The molecule has 0 saturated carbocycles. The van der Waals surface area contributed by atoms with Crippen molar-refractivity contribution in [1.82, 2.24) is 0 Å². The fourth-order valence-electron chi connectivity index (χ4n) is 1.21. The molecule has 0 aromatic heterocycles. The van der Waals surface area contributed by atoms with Gasteiger partial charge >= 0.3 is 0 Å². The summed E-state index contributed by atoms with van der Waals surface area (Å²) in [5, 5.41) is 2.49. The summed E-state index contributed by atoms with van der Waals surface area (Å²) in [5.41, 5.74) is 5.82. The van der Waals surface area contributed by atoms with Crippen molar-refractivity contribution in [3.8, 4) is 0 Å². The minimum absolute atomic E-state index is 0.136.